The number of nitrogens with zero attached hydrogens (tertiary/aromatic N) is 3. The predicted molar refractivity (Wildman–Crippen MR) is 153 cm³/mol. The molecule has 1 aliphatic rings. The summed E-state index contributed by atoms with van der Waals surface area (Å²) in [5.74, 6) is -0.224. The van der Waals surface area contributed by atoms with E-state index >= 15 is 0 Å². The first-order valence-electron chi connectivity index (χ1n) is 12.8. The van der Waals surface area contributed by atoms with Gasteiger partial charge in [0.1, 0.15) is 0 Å². The van der Waals surface area contributed by atoms with Crippen LogP contribution in [-0.4, -0.2) is 74.4 Å². The Balaban J connectivity index is 1.54. The van der Waals surface area contributed by atoms with Gasteiger partial charge in [-0.05, 0) is 36.3 Å². The number of carbonyl (C=O) groups is 1. The van der Waals surface area contributed by atoms with Gasteiger partial charge < -0.3 is 9.64 Å². The maximum Gasteiger partial charge on any atom is 0.238 e. The number of thiophene rings is 1. The number of hydrogen-bond donors (Lipinski definition) is 0. The summed E-state index contributed by atoms with van der Waals surface area (Å²) in [7, 11) is -3.84. The summed E-state index contributed by atoms with van der Waals surface area (Å²) in [4.78, 5) is 19.9. The van der Waals surface area contributed by atoms with Crippen molar-refractivity contribution in [2.75, 3.05) is 45.9 Å². The molecule has 1 aliphatic heterocycles. The monoisotopic (exact) mass is 553 g/mol. The molecule has 0 spiro atoms. The fraction of sp³-hybridized carbons (Fsp3) is 0.345. The number of hydrogen-bond acceptors (Lipinski definition) is 6. The van der Waals surface area contributed by atoms with Gasteiger partial charge in [0.05, 0.1) is 26.3 Å². The second-order valence-electron chi connectivity index (χ2n) is 9.29. The molecule has 3 aromatic rings. The lowest BCUT2D eigenvalue weighted by molar-refractivity contribution is -0.132. The highest BCUT2D eigenvalue weighted by atomic mass is 32.2. The van der Waals surface area contributed by atoms with Gasteiger partial charge in [-0.1, -0.05) is 60.7 Å². The first kappa shape index (κ1) is 28.2. The van der Waals surface area contributed by atoms with E-state index in [1.165, 1.54) is 14.6 Å². The van der Waals surface area contributed by atoms with E-state index in [1.54, 1.807) is 22.3 Å². The molecule has 1 fully saturated rings. The van der Waals surface area contributed by atoms with Crippen LogP contribution in [0.1, 0.15) is 20.9 Å². The first-order valence-corrected chi connectivity index (χ1v) is 15.1. The van der Waals surface area contributed by atoms with E-state index in [2.05, 4.69) is 4.90 Å². The Kier molecular flexibility index (Phi) is 10.3. The minimum atomic E-state index is -3.84. The molecule has 1 saturated heterocycles. The van der Waals surface area contributed by atoms with Crippen LogP contribution in [0.3, 0.4) is 0 Å². The van der Waals surface area contributed by atoms with Gasteiger partial charge in [-0.15, -0.1) is 11.3 Å². The number of amides is 1. The molecule has 0 N–H and O–H groups in total. The van der Waals surface area contributed by atoms with Crippen LogP contribution in [0, 0.1) is 6.92 Å². The quantitative estimate of drug-likeness (QED) is 0.336. The summed E-state index contributed by atoms with van der Waals surface area (Å²) in [6, 6.07) is 23.2. The Morgan fingerprint density at radius 1 is 0.974 bits per heavy atom. The highest BCUT2D eigenvalue weighted by molar-refractivity contribution is 7.92. The van der Waals surface area contributed by atoms with Crippen LogP contribution in [0.4, 0.5) is 0 Å². The Morgan fingerprint density at radius 3 is 2.32 bits per heavy atom. The van der Waals surface area contributed by atoms with E-state index in [-0.39, 0.29) is 19.0 Å². The summed E-state index contributed by atoms with van der Waals surface area (Å²) in [5, 5.41) is 1.21. The van der Waals surface area contributed by atoms with Gasteiger partial charge in [-0.2, -0.15) is 4.31 Å². The number of carbonyl (C=O) groups excluding carboxylic acids is 1. The molecule has 0 radical (unpaired) electrons. The zero-order chi connectivity index (χ0) is 26.8. The van der Waals surface area contributed by atoms with Crippen molar-refractivity contribution in [1.29, 1.82) is 0 Å². The molecule has 2 heterocycles. The lowest BCUT2D eigenvalue weighted by atomic mass is 10.2. The van der Waals surface area contributed by atoms with Crippen molar-refractivity contribution in [3.63, 3.8) is 0 Å². The minimum Gasteiger partial charge on any atom is -0.379 e. The largest absolute Gasteiger partial charge is 0.379 e. The van der Waals surface area contributed by atoms with Crippen LogP contribution >= 0.6 is 11.3 Å². The van der Waals surface area contributed by atoms with Crippen LogP contribution in [0.25, 0.3) is 6.08 Å². The zero-order valence-electron chi connectivity index (χ0n) is 21.7. The Morgan fingerprint density at radius 2 is 1.66 bits per heavy atom. The summed E-state index contributed by atoms with van der Waals surface area (Å²) >= 11 is 1.65. The summed E-state index contributed by atoms with van der Waals surface area (Å²) in [6.07, 6.45) is 1.58. The van der Waals surface area contributed by atoms with Crippen molar-refractivity contribution in [2.45, 2.75) is 20.0 Å². The van der Waals surface area contributed by atoms with Gasteiger partial charge in [0, 0.05) is 47.9 Å². The van der Waals surface area contributed by atoms with Crippen molar-refractivity contribution in [2.24, 2.45) is 0 Å². The second-order valence-corrected chi connectivity index (χ2v) is 12.5. The van der Waals surface area contributed by atoms with E-state index in [4.69, 9.17) is 4.74 Å². The van der Waals surface area contributed by atoms with Crippen LogP contribution in [0.2, 0.25) is 0 Å². The molecule has 0 bridgehead atoms. The fourth-order valence-electron chi connectivity index (χ4n) is 4.23. The highest BCUT2D eigenvalue weighted by Gasteiger charge is 2.26. The maximum atomic E-state index is 13.7. The third-order valence-electron chi connectivity index (χ3n) is 6.38. The van der Waals surface area contributed by atoms with E-state index in [0.29, 0.717) is 32.8 Å². The van der Waals surface area contributed by atoms with E-state index in [9.17, 15) is 13.2 Å². The molecule has 38 heavy (non-hydrogen) atoms. The third-order valence-corrected chi connectivity index (χ3v) is 8.88. The van der Waals surface area contributed by atoms with Crippen LogP contribution in [0.5, 0.6) is 0 Å². The molecular weight excluding hydrogens is 518 g/mol. The number of morpholine rings is 1. The molecule has 0 saturated carbocycles. The summed E-state index contributed by atoms with van der Waals surface area (Å²) in [5.41, 5.74) is 1.79. The number of ether oxygens (including phenoxy) is 1. The number of rotatable bonds is 12. The predicted octanol–water partition coefficient (Wildman–Crippen LogP) is 4.22. The maximum absolute atomic E-state index is 13.7. The second kappa shape index (κ2) is 13.8. The smallest absolute Gasteiger partial charge is 0.238 e. The topological polar surface area (TPSA) is 70.2 Å². The fourth-order valence-corrected chi connectivity index (χ4v) is 6.27. The lowest BCUT2D eigenvalue weighted by Gasteiger charge is -2.30. The van der Waals surface area contributed by atoms with E-state index in [0.717, 1.165) is 29.1 Å². The molecule has 2 aromatic carbocycles. The SMILES string of the molecule is Cc1ccc(CN(Cc2ccccc2)C(=O)CN(CCN2CCOCC2)S(=O)(=O)C=Cc2ccccc2)s1. The van der Waals surface area contributed by atoms with Crippen molar-refractivity contribution in [3.05, 3.63) is 99.1 Å². The van der Waals surface area contributed by atoms with Crippen molar-refractivity contribution < 1.29 is 17.9 Å². The lowest BCUT2D eigenvalue weighted by Crippen LogP contribution is -2.46. The van der Waals surface area contributed by atoms with E-state index in [1.807, 2.05) is 79.7 Å². The van der Waals surface area contributed by atoms with Gasteiger partial charge in [0.15, 0.2) is 0 Å². The average Bonchev–Trinajstić information content (AvgIpc) is 3.35. The Hall–Kier alpha value is -2.82. The van der Waals surface area contributed by atoms with Crippen molar-refractivity contribution in [1.82, 2.24) is 14.1 Å². The molecule has 0 atom stereocenters. The van der Waals surface area contributed by atoms with Crippen molar-refractivity contribution in [3.8, 4) is 0 Å². The molecule has 9 heteroatoms. The average molecular weight is 554 g/mol. The number of benzene rings is 2. The minimum absolute atomic E-state index is 0.219. The number of sulfonamides is 1. The van der Waals surface area contributed by atoms with Crippen LogP contribution < -0.4 is 0 Å². The molecule has 4 rings (SSSR count). The van der Waals surface area contributed by atoms with Crippen LogP contribution in [0.15, 0.2) is 78.2 Å². The standard InChI is InChI=1S/C29H35N3O4S2/c1-25-12-13-28(37-25)23-31(22-27-10-6-3-7-11-27)29(33)24-32(16-15-30-17-19-36-20-18-30)38(34,35)21-14-26-8-4-2-5-9-26/h2-14,21H,15-20,22-24H2,1H3. The van der Waals surface area contributed by atoms with E-state index < -0.39 is 10.0 Å². The van der Waals surface area contributed by atoms with Crippen LogP contribution in [-0.2, 0) is 32.6 Å². The van der Waals surface area contributed by atoms with Gasteiger partial charge in [0.25, 0.3) is 0 Å². The molecule has 1 amide bonds. The number of aryl methyl sites for hydroxylation is 1. The van der Waals surface area contributed by atoms with Gasteiger partial charge in [-0.3, -0.25) is 9.69 Å². The normalized spacial score (nSPS) is 14.8. The summed E-state index contributed by atoms with van der Waals surface area (Å²) in [6.45, 7) is 6.19. The van der Waals surface area contributed by atoms with Gasteiger partial charge in [0.2, 0.25) is 15.9 Å². The highest BCUT2D eigenvalue weighted by Crippen LogP contribution is 2.19. The molecule has 1 aromatic heterocycles. The first-order chi connectivity index (χ1) is 18.4. The molecule has 0 aliphatic carbocycles. The Bertz CT molecular complexity index is 1290. The Labute approximate surface area is 230 Å². The third kappa shape index (κ3) is 8.61. The molecule has 202 valence electrons. The van der Waals surface area contributed by atoms with Gasteiger partial charge in [-0.25, -0.2) is 8.42 Å². The summed E-state index contributed by atoms with van der Waals surface area (Å²) < 4.78 is 33.7. The van der Waals surface area contributed by atoms with Gasteiger partial charge >= 0.3 is 0 Å². The van der Waals surface area contributed by atoms with Crippen molar-refractivity contribution >= 4 is 33.3 Å². The zero-order valence-corrected chi connectivity index (χ0v) is 23.4. The molecule has 0 unspecified atom stereocenters. The molecule has 7 nitrogen and oxygen atoms in total. The molecular formula is C29H35N3O4S2.